The maximum atomic E-state index is 6.28. The monoisotopic (exact) mass is 398 g/mol. The summed E-state index contributed by atoms with van der Waals surface area (Å²) in [5.41, 5.74) is 1.30. The van der Waals surface area contributed by atoms with Crippen molar-refractivity contribution < 1.29 is 9.47 Å². The maximum Gasteiger partial charge on any atom is 0.161 e. The summed E-state index contributed by atoms with van der Waals surface area (Å²) in [4.78, 5) is 9.55. The summed E-state index contributed by atoms with van der Waals surface area (Å²) in [7, 11) is 3.79. The van der Waals surface area contributed by atoms with Crippen LogP contribution in [0.15, 0.2) is 30.6 Å². The van der Waals surface area contributed by atoms with Crippen LogP contribution in [0, 0.1) is 0 Å². The molecule has 0 amide bonds. The van der Waals surface area contributed by atoms with Gasteiger partial charge in [0.2, 0.25) is 0 Å². The fraction of sp³-hybridized carbons (Fsp3) is 0.609. The lowest BCUT2D eigenvalue weighted by molar-refractivity contribution is 0.200. The molecule has 1 aromatic carbocycles. The number of benzene rings is 1. The van der Waals surface area contributed by atoms with E-state index in [1.54, 1.807) is 7.11 Å². The van der Waals surface area contributed by atoms with Gasteiger partial charge < -0.3 is 14.0 Å². The number of aryl methyl sites for hydroxylation is 1. The lowest BCUT2D eigenvalue weighted by Gasteiger charge is -2.22. The molecule has 0 atom stereocenters. The summed E-state index contributed by atoms with van der Waals surface area (Å²) in [5.74, 6) is 2.89. The molecular formula is C23H34N4O2. The van der Waals surface area contributed by atoms with Gasteiger partial charge in [0.25, 0.3) is 0 Å². The van der Waals surface area contributed by atoms with Gasteiger partial charge in [-0.2, -0.15) is 0 Å². The zero-order chi connectivity index (χ0) is 20.1. The smallest absolute Gasteiger partial charge is 0.161 e. The van der Waals surface area contributed by atoms with Crippen LogP contribution in [0.4, 0.5) is 0 Å². The summed E-state index contributed by atoms with van der Waals surface area (Å²) < 4.78 is 13.9. The molecule has 29 heavy (non-hydrogen) atoms. The minimum Gasteiger partial charge on any atom is -0.493 e. The largest absolute Gasteiger partial charge is 0.493 e. The van der Waals surface area contributed by atoms with E-state index in [-0.39, 0.29) is 0 Å². The van der Waals surface area contributed by atoms with Crippen molar-refractivity contribution in [1.82, 2.24) is 19.4 Å². The molecule has 2 heterocycles. The van der Waals surface area contributed by atoms with E-state index in [1.807, 2.05) is 12.4 Å². The fourth-order valence-electron chi connectivity index (χ4n) is 4.44. The highest BCUT2D eigenvalue weighted by molar-refractivity contribution is 5.43. The summed E-state index contributed by atoms with van der Waals surface area (Å²) in [6, 6.07) is 6.43. The van der Waals surface area contributed by atoms with E-state index < -0.39 is 0 Å². The predicted molar refractivity (Wildman–Crippen MR) is 114 cm³/mol. The standard InChI is InChI=1S/C23H34N4O2/c1-25-13-10-24-23(25)18-27-12-5-11-26(14-15-27)17-19-8-9-21(28-2)22(16-19)29-20-6-3-4-7-20/h8-10,13,16,20H,3-7,11-12,14-15,17-18H2,1-2H3. The Labute approximate surface area is 174 Å². The Kier molecular flexibility index (Phi) is 6.72. The van der Waals surface area contributed by atoms with E-state index in [2.05, 4.69) is 44.6 Å². The molecule has 2 fully saturated rings. The quantitative estimate of drug-likeness (QED) is 0.715. The van der Waals surface area contributed by atoms with Crippen molar-refractivity contribution in [3.8, 4) is 11.5 Å². The number of methoxy groups -OCH3 is 1. The van der Waals surface area contributed by atoms with Gasteiger partial charge in [0.15, 0.2) is 11.5 Å². The molecule has 4 rings (SSSR count). The summed E-state index contributed by atoms with van der Waals surface area (Å²) in [5, 5.41) is 0. The zero-order valence-corrected chi connectivity index (χ0v) is 17.8. The molecule has 1 saturated heterocycles. The molecule has 0 unspecified atom stereocenters. The van der Waals surface area contributed by atoms with Crippen LogP contribution >= 0.6 is 0 Å². The third-order valence-electron chi connectivity index (χ3n) is 6.20. The van der Waals surface area contributed by atoms with Crippen LogP contribution in [0.1, 0.15) is 43.5 Å². The van der Waals surface area contributed by atoms with Crippen LogP contribution in [0.3, 0.4) is 0 Å². The Morgan fingerprint density at radius 3 is 2.41 bits per heavy atom. The van der Waals surface area contributed by atoms with Gasteiger partial charge in [-0.3, -0.25) is 9.80 Å². The highest BCUT2D eigenvalue weighted by Crippen LogP contribution is 2.32. The molecule has 1 aromatic heterocycles. The first-order valence-corrected chi connectivity index (χ1v) is 11.0. The lowest BCUT2D eigenvalue weighted by atomic mass is 10.1. The molecule has 2 aliphatic rings. The number of ether oxygens (including phenoxy) is 2. The zero-order valence-electron chi connectivity index (χ0n) is 17.8. The van der Waals surface area contributed by atoms with Crippen molar-refractivity contribution in [2.24, 2.45) is 7.05 Å². The molecule has 1 saturated carbocycles. The SMILES string of the molecule is COc1ccc(CN2CCCN(Cc3nccn3C)CC2)cc1OC1CCCC1. The molecule has 6 heteroatoms. The van der Waals surface area contributed by atoms with Crippen molar-refractivity contribution >= 4 is 0 Å². The Morgan fingerprint density at radius 2 is 1.72 bits per heavy atom. The molecule has 0 N–H and O–H groups in total. The first-order valence-electron chi connectivity index (χ1n) is 11.0. The van der Waals surface area contributed by atoms with Crippen LogP contribution in [0.2, 0.25) is 0 Å². The number of hydrogen-bond acceptors (Lipinski definition) is 5. The van der Waals surface area contributed by atoms with Crippen LogP contribution in [-0.2, 0) is 20.1 Å². The molecule has 0 radical (unpaired) electrons. The topological polar surface area (TPSA) is 42.8 Å². The van der Waals surface area contributed by atoms with Gasteiger partial charge >= 0.3 is 0 Å². The summed E-state index contributed by atoms with van der Waals surface area (Å²) in [6.07, 6.45) is 10.3. The van der Waals surface area contributed by atoms with Crippen molar-refractivity contribution in [3.63, 3.8) is 0 Å². The average Bonchev–Trinajstić information content (AvgIpc) is 3.32. The minimum atomic E-state index is 0.344. The average molecular weight is 399 g/mol. The van der Waals surface area contributed by atoms with Gasteiger partial charge in [-0.1, -0.05) is 6.07 Å². The Hall–Kier alpha value is -2.05. The van der Waals surface area contributed by atoms with Gasteiger partial charge in [-0.15, -0.1) is 0 Å². The molecular weight excluding hydrogens is 364 g/mol. The number of aromatic nitrogens is 2. The predicted octanol–water partition coefficient (Wildman–Crippen LogP) is 3.46. The molecule has 0 bridgehead atoms. The van der Waals surface area contributed by atoms with Gasteiger partial charge in [-0.05, 0) is 62.9 Å². The number of rotatable bonds is 7. The Balaban J connectivity index is 1.35. The van der Waals surface area contributed by atoms with Crippen LogP contribution in [0.5, 0.6) is 11.5 Å². The highest BCUT2D eigenvalue weighted by Gasteiger charge is 2.20. The Bertz CT molecular complexity index is 785. The number of hydrogen-bond donors (Lipinski definition) is 0. The Morgan fingerprint density at radius 1 is 0.966 bits per heavy atom. The third kappa shape index (κ3) is 5.31. The van der Waals surface area contributed by atoms with Crippen molar-refractivity contribution in [1.29, 1.82) is 0 Å². The van der Waals surface area contributed by atoms with Gasteiger partial charge in [0, 0.05) is 39.1 Å². The molecule has 0 spiro atoms. The van der Waals surface area contributed by atoms with Crippen LogP contribution < -0.4 is 9.47 Å². The van der Waals surface area contributed by atoms with Crippen molar-refractivity contribution in [2.75, 3.05) is 33.3 Å². The summed E-state index contributed by atoms with van der Waals surface area (Å²) >= 11 is 0. The summed E-state index contributed by atoms with van der Waals surface area (Å²) in [6.45, 7) is 6.30. The van der Waals surface area contributed by atoms with E-state index in [4.69, 9.17) is 9.47 Å². The van der Waals surface area contributed by atoms with Crippen LogP contribution in [-0.4, -0.2) is 58.7 Å². The first kappa shape index (κ1) is 20.2. The molecule has 2 aromatic rings. The minimum absolute atomic E-state index is 0.344. The van der Waals surface area contributed by atoms with Crippen LogP contribution in [0.25, 0.3) is 0 Å². The van der Waals surface area contributed by atoms with Crippen molar-refractivity contribution in [3.05, 3.63) is 42.0 Å². The lowest BCUT2D eigenvalue weighted by Crippen LogP contribution is -2.31. The fourth-order valence-corrected chi connectivity index (χ4v) is 4.44. The second kappa shape index (κ2) is 9.63. The van der Waals surface area contributed by atoms with E-state index in [1.165, 1.54) is 24.8 Å². The maximum absolute atomic E-state index is 6.28. The highest BCUT2D eigenvalue weighted by atomic mass is 16.5. The van der Waals surface area contributed by atoms with E-state index in [9.17, 15) is 0 Å². The molecule has 158 valence electrons. The second-order valence-corrected chi connectivity index (χ2v) is 8.37. The van der Waals surface area contributed by atoms with E-state index in [0.29, 0.717) is 6.10 Å². The van der Waals surface area contributed by atoms with Gasteiger partial charge in [0.1, 0.15) is 5.82 Å². The van der Waals surface area contributed by atoms with E-state index >= 15 is 0 Å². The molecule has 6 nitrogen and oxygen atoms in total. The second-order valence-electron chi connectivity index (χ2n) is 8.37. The van der Waals surface area contributed by atoms with Gasteiger partial charge in [-0.25, -0.2) is 4.98 Å². The van der Waals surface area contributed by atoms with Crippen molar-refractivity contribution in [2.45, 2.75) is 51.3 Å². The molecule has 1 aliphatic heterocycles. The van der Waals surface area contributed by atoms with E-state index in [0.717, 1.165) is 69.4 Å². The first-order chi connectivity index (χ1) is 14.2. The molecule has 1 aliphatic carbocycles. The number of imidazole rings is 1. The van der Waals surface area contributed by atoms with Gasteiger partial charge in [0.05, 0.1) is 19.8 Å². The third-order valence-corrected chi connectivity index (χ3v) is 6.20. The normalized spacial score (nSPS) is 19.4. The number of nitrogens with zero attached hydrogens (tertiary/aromatic N) is 4.